The Morgan fingerprint density at radius 2 is 1.84 bits per heavy atom. The van der Waals surface area contributed by atoms with Crippen LogP contribution in [0.4, 0.5) is 5.82 Å². The molecule has 1 heterocycles. The van der Waals surface area contributed by atoms with Crippen molar-refractivity contribution >= 4 is 15.7 Å². The molecule has 1 aromatic carbocycles. The Hall–Kier alpha value is -1.82. The first-order valence-electron chi connectivity index (χ1n) is 5.91. The Morgan fingerprint density at radius 3 is 2.37 bits per heavy atom. The molecular weight excluding hydrogens is 262 g/mol. The van der Waals surface area contributed by atoms with Gasteiger partial charge in [-0.25, -0.2) is 13.1 Å². The third-order valence-corrected chi connectivity index (χ3v) is 4.74. The average Bonchev–Trinajstić information content (AvgIpc) is 2.66. The van der Waals surface area contributed by atoms with E-state index in [9.17, 15) is 8.42 Å². The molecule has 0 aliphatic carbocycles. The van der Waals surface area contributed by atoms with E-state index >= 15 is 0 Å². The Labute approximate surface area is 113 Å². The van der Waals surface area contributed by atoms with Crippen LogP contribution in [0.5, 0.6) is 0 Å². The molecule has 0 aliphatic rings. The SMILES string of the molecule is Cc1c(C(C)S(C)(=O)=O)nn(-c2ccccc2)c1N. The van der Waals surface area contributed by atoms with Crippen LogP contribution in [0.3, 0.4) is 0 Å². The third-order valence-electron chi connectivity index (χ3n) is 3.23. The lowest BCUT2D eigenvalue weighted by molar-refractivity contribution is 0.590. The van der Waals surface area contributed by atoms with Gasteiger partial charge >= 0.3 is 0 Å². The van der Waals surface area contributed by atoms with E-state index < -0.39 is 15.1 Å². The van der Waals surface area contributed by atoms with Gasteiger partial charge in [0.15, 0.2) is 9.84 Å². The molecule has 1 unspecified atom stereocenters. The fourth-order valence-electron chi connectivity index (χ4n) is 1.88. The highest BCUT2D eigenvalue weighted by molar-refractivity contribution is 7.90. The lowest BCUT2D eigenvalue weighted by Gasteiger charge is -2.06. The zero-order valence-electron chi connectivity index (χ0n) is 11.2. The maximum Gasteiger partial charge on any atom is 0.155 e. The van der Waals surface area contributed by atoms with Crippen LogP contribution in [0.1, 0.15) is 23.4 Å². The molecule has 102 valence electrons. The zero-order valence-corrected chi connectivity index (χ0v) is 12.0. The second-order valence-electron chi connectivity index (χ2n) is 4.61. The van der Waals surface area contributed by atoms with E-state index in [0.717, 1.165) is 5.69 Å². The molecular formula is C13H17N3O2S. The highest BCUT2D eigenvalue weighted by Crippen LogP contribution is 2.28. The molecule has 2 aromatic rings. The number of nitrogens with zero attached hydrogens (tertiary/aromatic N) is 2. The molecule has 0 aliphatic heterocycles. The van der Waals surface area contributed by atoms with Crippen LogP contribution in [0.25, 0.3) is 5.69 Å². The topological polar surface area (TPSA) is 78.0 Å². The summed E-state index contributed by atoms with van der Waals surface area (Å²) >= 11 is 0. The normalized spacial score (nSPS) is 13.4. The van der Waals surface area contributed by atoms with E-state index in [1.54, 1.807) is 18.5 Å². The molecule has 6 heteroatoms. The molecule has 0 bridgehead atoms. The summed E-state index contributed by atoms with van der Waals surface area (Å²) in [5, 5.41) is 3.69. The van der Waals surface area contributed by atoms with Crippen molar-refractivity contribution in [3.8, 4) is 5.69 Å². The number of rotatable bonds is 3. The lowest BCUT2D eigenvalue weighted by Crippen LogP contribution is -2.10. The largest absolute Gasteiger partial charge is 0.383 e. The summed E-state index contributed by atoms with van der Waals surface area (Å²) < 4.78 is 24.9. The van der Waals surface area contributed by atoms with Crippen LogP contribution < -0.4 is 5.73 Å². The average molecular weight is 279 g/mol. The van der Waals surface area contributed by atoms with Gasteiger partial charge in [0.2, 0.25) is 0 Å². The summed E-state index contributed by atoms with van der Waals surface area (Å²) in [6.07, 6.45) is 1.20. The quantitative estimate of drug-likeness (QED) is 0.930. The van der Waals surface area contributed by atoms with Crippen molar-refractivity contribution in [3.05, 3.63) is 41.6 Å². The lowest BCUT2D eigenvalue weighted by atomic mass is 10.2. The molecule has 0 spiro atoms. The second kappa shape index (κ2) is 4.70. The predicted octanol–water partition coefficient (Wildman–Crippen LogP) is 1.87. The molecule has 1 aromatic heterocycles. The number of nitrogen functional groups attached to an aromatic ring is 1. The molecule has 2 N–H and O–H groups in total. The van der Waals surface area contributed by atoms with Crippen LogP contribution in [-0.2, 0) is 9.84 Å². The van der Waals surface area contributed by atoms with Crippen LogP contribution in [0.15, 0.2) is 30.3 Å². The van der Waals surface area contributed by atoms with Gasteiger partial charge in [0.25, 0.3) is 0 Å². The number of anilines is 1. The Bertz CT molecular complexity index is 690. The predicted molar refractivity (Wildman–Crippen MR) is 76.0 cm³/mol. The number of para-hydroxylation sites is 1. The number of hydrogen-bond acceptors (Lipinski definition) is 4. The molecule has 0 radical (unpaired) electrons. The number of hydrogen-bond donors (Lipinski definition) is 1. The van der Waals surface area contributed by atoms with Crippen molar-refractivity contribution in [2.75, 3.05) is 12.0 Å². The van der Waals surface area contributed by atoms with Gasteiger partial charge in [-0.3, -0.25) is 0 Å². The van der Waals surface area contributed by atoms with E-state index in [1.165, 1.54) is 6.26 Å². The first kappa shape index (κ1) is 13.6. The molecule has 2 rings (SSSR count). The molecule has 0 saturated carbocycles. The monoisotopic (exact) mass is 279 g/mol. The minimum absolute atomic E-state index is 0.469. The number of nitrogens with two attached hydrogens (primary N) is 1. The van der Waals surface area contributed by atoms with Crippen LogP contribution >= 0.6 is 0 Å². The van der Waals surface area contributed by atoms with E-state index in [4.69, 9.17) is 5.73 Å². The van der Waals surface area contributed by atoms with Gasteiger partial charge in [-0.05, 0) is 26.0 Å². The molecule has 1 atom stereocenters. The number of sulfone groups is 1. The summed E-state index contributed by atoms with van der Waals surface area (Å²) in [4.78, 5) is 0. The smallest absolute Gasteiger partial charge is 0.155 e. The van der Waals surface area contributed by atoms with Crippen molar-refractivity contribution in [1.29, 1.82) is 0 Å². The molecule has 19 heavy (non-hydrogen) atoms. The summed E-state index contributed by atoms with van der Waals surface area (Å²) in [6.45, 7) is 3.41. The fourth-order valence-corrected chi connectivity index (χ4v) is 2.51. The van der Waals surface area contributed by atoms with Gasteiger partial charge in [-0.15, -0.1) is 0 Å². The number of aromatic nitrogens is 2. The fraction of sp³-hybridized carbons (Fsp3) is 0.308. The van der Waals surface area contributed by atoms with Gasteiger partial charge in [0, 0.05) is 11.8 Å². The number of benzene rings is 1. The van der Waals surface area contributed by atoms with E-state index in [-0.39, 0.29) is 0 Å². The summed E-state index contributed by atoms with van der Waals surface area (Å²) in [6, 6.07) is 9.41. The Balaban J connectivity index is 2.57. The summed E-state index contributed by atoms with van der Waals surface area (Å²) in [7, 11) is -3.20. The van der Waals surface area contributed by atoms with Gasteiger partial charge in [-0.2, -0.15) is 5.10 Å². The second-order valence-corrected chi connectivity index (χ2v) is 6.98. The van der Waals surface area contributed by atoms with Crippen molar-refractivity contribution in [3.63, 3.8) is 0 Å². The third kappa shape index (κ3) is 2.49. The summed E-state index contributed by atoms with van der Waals surface area (Å²) in [5.74, 6) is 0.469. The molecule has 0 fully saturated rings. The maximum absolute atomic E-state index is 11.7. The Kier molecular flexibility index (Phi) is 3.36. The van der Waals surface area contributed by atoms with Crippen molar-refractivity contribution in [2.45, 2.75) is 19.1 Å². The van der Waals surface area contributed by atoms with Crippen LogP contribution in [-0.4, -0.2) is 24.5 Å². The summed E-state index contributed by atoms with van der Waals surface area (Å²) in [5.41, 5.74) is 8.05. The highest BCUT2D eigenvalue weighted by Gasteiger charge is 2.25. The van der Waals surface area contributed by atoms with E-state index in [1.807, 2.05) is 30.3 Å². The first-order valence-corrected chi connectivity index (χ1v) is 7.87. The zero-order chi connectivity index (χ0) is 14.2. The minimum atomic E-state index is -3.20. The molecule has 0 amide bonds. The molecule has 5 nitrogen and oxygen atoms in total. The van der Waals surface area contributed by atoms with Gasteiger partial charge < -0.3 is 5.73 Å². The van der Waals surface area contributed by atoms with Crippen molar-refractivity contribution in [1.82, 2.24) is 9.78 Å². The van der Waals surface area contributed by atoms with Crippen molar-refractivity contribution < 1.29 is 8.42 Å². The maximum atomic E-state index is 11.7. The van der Waals surface area contributed by atoms with Gasteiger partial charge in [0.05, 0.1) is 11.4 Å². The molecule has 0 saturated heterocycles. The van der Waals surface area contributed by atoms with Gasteiger partial charge in [-0.1, -0.05) is 18.2 Å². The standard InChI is InChI=1S/C13H17N3O2S/c1-9-12(10(2)19(3,17)18)15-16(13(9)14)11-7-5-4-6-8-11/h4-8,10H,14H2,1-3H3. The first-order chi connectivity index (χ1) is 8.82. The van der Waals surface area contributed by atoms with Crippen molar-refractivity contribution in [2.24, 2.45) is 0 Å². The van der Waals surface area contributed by atoms with E-state index in [0.29, 0.717) is 17.1 Å². The van der Waals surface area contributed by atoms with Crippen LogP contribution in [0.2, 0.25) is 0 Å². The highest BCUT2D eigenvalue weighted by atomic mass is 32.2. The Morgan fingerprint density at radius 1 is 1.26 bits per heavy atom. The van der Waals surface area contributed by atoms with Crippen LogP contribution in [0, 0.1) is 6.92 Å². The van der Waals surface area contributed by atoms with Gasteiger partial charge in [0.1, 0.15) is 11.1 Å². The minimum Gasteiger partial charge on any atom is -0.383 e. The van der Waals surface area contributed by atoms with E-state index in [2.05, 4.69) is 5.10 Å².